The number of carbonyl (C=O) groups excluding carboxylic acids is 1. The number of anilines is 1. The first-order chi connectivity index (χ1) is 13.2. The highest BCUT2D eigenvalue weighted by molar-refractivity contribution is 7.07. The third kappa shape index (κ3) is 2.71. The molecule has 0 saturated heterocycles. The van der Waals surface area contributed by atoms with Crippen LogP contribution in [-0.2, 0) is 4.79 Å². The minimum atomic E-state index is -0.0484. The average Bonchev–Trinajstić information content (AvgIpc) is 3.33. The number of amides is 1. The third-order valence-electron chi connectivity index (χ3n) is 4.85. The minimum Gasteiger partial charge on any atom is -0.497 e. The molecule has 0 fully saturated rings. The Bertz CT molecular complexity index is 1030. The molecule has 27 heavy (non-hydrogen) atoms. The molecule has 7 heteroatoms. The molecule has 0 spiro atoms. The maximum Gasteiger partial charge on any atom is 0.231 e. The number of fused-ring (bicyclic) bond motifs is 2. The van der Waals surface area contributed by atoms with Crippen LogP contribution in [-0.4, -0.2) is 24.2 Å². The largest absolute Gasteiger partial charge is 0.497 e. The van der Waals surface area contributed by atoms with Gasteiger partial charge in [-0.3, -0.25) is 4.79 Å². The quantitative estimate of drug-likeness (QED) is 0.743. The van der Waals surface area contributed by atoms with Crippen molar-refractivity contribution in [1.29, 1.82) is 0 Å². The Hall–Kier alpha value is -3.06. The van der Waals surface area contributed by atoms with Crippen LogP contribution in [0.15, 0.2) is 42.5 Å². The summed E-state index contributed by atoms with van der Waals surface area (Å²) in [6.07, 6.45) is 0.386. The summed E-state index contributed by atoms with van der Waals surface area (Å²) in [5.41, 5.74) is 3.56. The molecule has 1 atom stereocenters. The highest BCUT2D eigenvalue weighted by atomic mass is 32.1. The van der Waals surface area contributed by atoms with Crippen LogP contribution in [0.4, 0.5) is 5.69 Å². The van der Waals surface area contributed by atoms with Gasteiger partial charge in [-0.25, -0.2) is 0 Å². The van der Waals surface area contributed by atoms with E-state index >= 15 is 0 Å². The molecule has 0 unspecified atom stereocenters. The number of hydrogen-bond acceptors (Lipinski definition) is 6. The zero-order chi connectivity index (χ0) is 18.4. The zero-order valence-electron chi connectivity index (χ0n) is 14.5. The minimum absolute atomic E-state index is 0.0138. The van der Waals surface area contributed by atoms with Crippen LogP contribution in [0.3, 0.4) is 0 Å². The maximum atomic E-state index is 12.4. The van der Waals surface area contributed by atoms with Crippen molar-refractivity contribution in [2.75, 3.05) is 19.2 Å². The van der Waals surface area contributed by atoms with Gasteiger partial charge in [0.2, 0.25) is 12.7 Å². The Morgan fingerprint density at radius 1 is 1.15 bits per heavy atom. The lowest BCUT2D eigenvalue weighted by molar-refractivity contribution is -0.116. The summed E-state index contributed by atoms with van der Waals surface area (Å²) in [6.45, 7) is 0.233. The van der Waals surface area contributed by atoms with E-state index < -0.39 is 0 Å². The first-order valence-corrected chi connectivity index (χ1v) is 9.33. The first kappa shape index (κ1) is 16.1. The van der Waals surface area contributed by atoms with Gasteiger partial charge in [0.15, 0.2) is 11.5 Å². The lowest BCUT2D eigenvalue weighted by atomic mass is 9.89. The molecule has 3 heterocycles. The smallest absolute Gasteiger partial charge is 0.231 e. The van der Waals surface area contributed by atoms with Gasteiger partial charge in [-0.15, -0.1) is 0 Å². The number of hydrogen-bond donors (Lipinski definition) is 1. The van der Waals surface area contributed by atoms with Crippen LogP contribution in [0.1, 0.15) is 22.8 Å². The molecule has 136 valence electrons. The number of rotatable bonds is 3. The van der Waals surface area contributed by atoms with E-state index in [1.54, 1.807) is 7.11 Å². The maximum absolute atomic E-state index is 12.4. The highest BCUT2D eigenvalue weighted by Gasteiger charge is 2.32. The van der Waals surface area contributed by atoms with Crippen LogP contribution in [0.2, 0.25) is 0 Å². The topological polar surface area (TPSA) is 69.7 Å². The SMILES string of the molecule is COc1ccc(-c2nsc3c2NC(=O)C[C@H]3c2ccc3c(c2)OCO3)cc1. The summed E-state index contributed by atoms with van der Waals surface area (Å²) in [4.78, 5) is 13.5. The van der Waals surface area contributed by atoms with Crippen molar-refractivity contribution in [3.63, 3.8) is 0 Å². The number of aromatic nitrogens is 1. The van der Waals surface area contributed by atoms with E-state index in [4.69, 9.17) is 14.2 Å². The molecular weight excluding hydrogens is 364 g/mol. The standard InChI is InChI=1S/C20H16N2O4S/c1-24-13-5-2-11(3-6-13)18-19-20(27-22-18)14(9-17(23)21-19)12-4-7-15-16(8-12)26-10-25-15/h2-8,14H,9-10H2,1H3,(H,21,23)/t14-/m0/s1. The average molecular weight is 380 g/mol. The number of methoxy groups -OCH3 is 1. The molecule has 1 amide bonds. The lowest BCUT2D eigenvalue weighted by Gasteiger charge is -2.23. The molecule has 0 saturated carbocycles. The predicted molar refractivity (Wildman–Crippen MR) is 102 cm³/mol. The fourth-order valence-electron chi connectivity index (χ4n) is 3.48. The van der Waals surface area contributed by atoms with Crippen molar-refractivity contribution < 1.29 is 19.0 Å². The molecule has 6 nitrogen and oxygen atoms in total. The van der Waals surface area contributed by atoms with E-state index in [0.29, 0.717) is 6.42 Å². The Labute approximate surface area is 159 Å². The molecular formula is C20H16N2O4S. The summed E-state index contributed by atoms with van der Waals surface area (Å²) in [5.74, 6) is 2.18. The summed E-state index contributed by atoms with van der Waals surface area (Å²) in [6, 6.07) is 13.5. The van der Waals surface area contributed by atoms with Gasteiger partial charge in [-0.1, -0.05) is 6.07 Å². The van der Waals surface area contributed by atoms with Gasteiger partial charge in [0.05, 0.1) is 17.7 Å². The molecule has 1 aromatic heterocycles. The van der Waals surface area contributed by atoms with Crippen molar-refractivity contribution in [2.45, 2.75) is 12.3 Å². The number of carbonyl (C=O) groups is 1. The van der Waals surface area contributed by atoms with Crippen LogP contribution < -0.4 is 19.5 Å². The van der Waals surface area contributed by atoms with Gasteiger partial charge < -0.3 is 19.5 Å². The second-order valence-corrected chi connectivity index (χ2v) is 7.22. The van der Waals surface area contributed by atoms with Crippen molar-refractivity contribution in [1.82, 2.24) is 4.37 Å². The first-order valence-electron chi connectivity index (χ1n) is 8.56. The molecule has 1 N–H and O–H groups in total. The van der Waals surface area contributed by atoms with Gasteiger partial charge in [0.25, 0.3) is 0 Å². The van der Waals surface area contributed by atoms with E-state index in [2.05, 4.69) is 9.69 Å². The van der Waals surface area contributed by atoms with E-state index in [1.165, 1.54) is 11.5 Å². The highest BCUT2D eigenvalue weighted by Crippen LogP contribution is 2.46. The Morgan fingerprint density at radius 2 is 1.96 bits per heavy atom. The number of nitrogens with zero attached hydrogens (tertiary/aromatic N) is 1. The summed E-state index contributed by atoms with van der Waals surface area (Å²) in [5, 5.41) is 3.01. The molecule has 5 rings (SSSR count). The van der Waals surface area contributed by atoms with Gasteiger partial charge in [0, 0.05) is 17.9 Å². The van der Waals surface area contributed by atoms with E-state index in [9.17, 15) is 4.79 Å². The zero-order valence-corrected chi connectivity index (χ0v) is 15.3. The fourth-order valence-corrected chi connectivity index (χ4v) is 4.45. The van der Waals surface area contributed by atoms with Crippen molar-refractivity contribution in [2.24, 2.45) is 0 Å². The summed E-state index contributed by atoms with van der Waals surface area (Å²) >= 11 is 1.43. The normalized spacial score (nSPS) is 17.4. The summed E-state index contributed by atoms with van der Waals surface area (Å²) in [7, 11) is 1.63. The van der Waals surface area contributed by atoms with Crippen molar-refractivity contribution in [3.05, 3.63) is 52.9 Å². The van der Waals surface area contributed by atoms with E-state index in [0.717, 1.165) is 44.6 Å². The van der Waals surface area contributed by atoms with Crippen LogP contribution in [0.5, 0.6) is 17.2 Å². The van der Waals surface area contributed by atoms with Gasteiger partial charge >= 0.3 is 0 Å². The summed E-state index contributed by atoms with van der Waals surface area (Å²) < 4.78 is 20.7. The van der Waals surface area contributed by atoms with Crippen LogP contribution in [0.25, 0.3) is 11.3 Å². The van der Waals surface area contributed by atoms with Gasteiger partial charge in [-0.05, 0) is 53.5 Å². The molecule has 2 aliphatic heterocycles. The van der Waals surface area contributed by atoms with Gasteiger partial charge in [-0.2, -0.15) is 4.37 Å². The Morgan fingerprint density at radius 3 is 2.78 bits per heavy atom. The van der Waals surface area contributed by atoms with Crippen LogP contribution >= 0.6 is 11.5 Å². The number of ether oxygens (including phenoxy) is 3. The molecule has 0 radical (unpaired) electrons. The monoisotopic (exact) mass is 380 g/mol. The predicted octanol–water partition coefficient (Wildman–Crippen LogP) is 4.02. The molecule has 2 aliphatic rings. The molecule has 3 aromatic rings. The van der Waals surface area contributed by atoms with Gasteiger partial charge in [0.1, 0.15) is 11.4 Å². The fraction of sp³-hybridized carbons (Fsp3) is 0.200. The third-order valence-corrected chi connectivity index (χ3v) is 5.81. The second kappa shape index (κ2) is 6.28. The lowest BCUT2D eigenvalue weighted by Crippen LogP contribution is -2.22. The number of nitrogens with one attached hydrogen (secondary N) is 1. The Kier molecular flexibility index (Phi) is 3.75. The molecule has 0 bridgehead atoms. The Balaban J connectivity index is 1.56. The second-order valence-electron chi connectivity index (χ2n) is 6.42. The number of benzene rings is 2. The van der Waals surface area contributed by atoms with E-state index in [1.807, 2.05) is 42.5 Å². The van der Waals surface area contributed by atoms with E-state index in [-0.39, 0.29) is 18.6 Å². The molecule has 0 aliphatic carbocycles. The van der Waals surface area contributed by atoms with Crippen molar-refractivity contribution >= 4 is 23.1 Å². The molecule has 2 aromatic carbocycles. The van der Waals surface area contributed by atoms with Crippen molar-refractivity contribution in [3.8, 4) is 28.5 Å². The van der Waals surface area contributed by atoms with Crippen LogP contribution in [0, 0.1) is 0 Å².